The molecule has 96 valence electrons. The molecular weight excluding hydrogens is 218 g/mol. The summed E-state index contributed by atoms with van der Waals surface area (Å²) in [5.41, 5.74) is -0.0994. The van der Waals surface area contributed by atoms with Gasteiger partial charge in [0.1, 0.15) is 6.04 Å². The highest BCUT2D eigenvalue weighted by Gasteiger charge is 2.56. The van der Waals surface area contributed by atoms with Crippen LogP contribution < -0.4 is 5.32 Å². The van der Waals surface area contributed by atoms with Crippen molar-refractivity contribution in [1.82, 2.24) is 5.32 Å². The molecule has 1 aliphatic heterocycles. The molecule has 4 nitrogen and oxygen atoms in total. The molecule has 1 heterocycles. The minimum Gasteiger partial charge on any atom is -0.480 e. The Kier molecular flexibility index (Phi) is 2.71. The number of amides is 1. The molecule has 2 fully saturated rings. The molecule has 4 heteroatoms. The lowest BCUT2D eigenvalue weighted by Crippen LogP contribution is -2.50. The van der Waals surface area contributed by atoms with Crippen molar-refractivity contribution >= 4 is 11.9 Å². The zero-order chi connectivity index (χ0) is 12.8. The minimum atomic E-state index is -0.887. The van der Waals surface area contributed by atoms with Gasteiger partial charge in [-0.05, 0) is 30.6 Å². The molecule has 0 radical (unpaired) electrons. The maximum atomic E-state index is 11.6. The van der Waals surface area contributed by atoms with E-state index in [-0.39, 0.29) is 22.7 Å². The van der Waals surface area contributed by atoms with Gasteiger partial charge >= 0.3 is 5.97 Å². The number of hydrogen-bond acceptors (Lipinski definition) is 2. The van der Waals surface area contributed by atoms with Crippen LogP contribution in [0.3, 0.4) is 0 Å². The topological polar surface area (TPSA) is 66.4 Å². The Labute approximate surface area is 102 Å². The average molecular weight is 239 g/mol. The summed E-state index contributed by atoms with van der Waals surface area (Å²) in [6.45, 7) is 6.53. The molecule has 1 spiro atoms. The van der Waals surface area contributed by atoms with Crippen LogP contribution in [0.1, 0.15) is 46.5 Å². The third kappa shape index (κ3) is 1.94. The van der Waals surface area contributed by atoms with Crippen LogP contribution in [0, 0.1) is 16.7 Å². The van der Waals surface area contributed by atoms with Gasteiger partial charge in [0.2, 0.25) is 5.91 Å². The quantitative estimate of drug-likeness (QED) is 0.733. The van der Waals surface area contributed by atoms with Crippen LogP contribution in [-0.4, -0.2) is 23.0 Å². The average Bonchev–Trinajstić information content (AvgIpc) is 2.51. The van der Waals surface area contributed by atoms with Crippen molar-refractivity contribution in [2.45, 2.75) is 52.5 Å². The van der Waals surface area contributed by atoms with Crippen LogP contribution in [-0.2, 0) is 9.59 Å². The third-order valence-corrected chi connectivity index (χ3v) is 4.72. The lowest BCUT2D eigenvalue weighted by Gasteiger charge is -2.47. The number of rotatable bonds is 1. The van der Waals surface area contributed by atoms with E-state index in [1.807, 2.05) is 0 Å². The number of hydrogen-bond donors (Lipinski definition) is 2. The maximum Gasteiger partial charge on any atom is 0.326 e. The minimum absolute atomic E-state index is 0.107. The van der Waals surface area contributed by atoms with Crippen molar-refractivity contribution in [3.05, 3.63) is 0 Å². The molecule has 1 saturated heterocycles. The summed E-state index contributed by atoms with van der Waals surface area (Å²) < 4.78 is 0. The van der Waals surface area contributed by atoms with Crippen molar-refractivity contribution in [2.75, 3.05) is 0 Å². The van der Waals surface area contributed by atoms with Gasteiger partial charge in [0.15, 0.2) is 0 Å². The van der Waals surface area contributed by atoms with Crippen LogP contribution in [0.4, 0.5) is 0 Å². The fraction of sp³-hybridized carbons (Fsp3) is 0.846. The molecule has 1 aliphatic carbocycles. The predicted molar refractivity (Wildman–Crippen MR) is 63.4 cm³/mol. The molecule has 1 saturated carbocycles. The maximum absolute atomic E-state index is 11.6. The first-order valence-corrected chi connectivity index (χ1v) is 6.29. The number of carboxylic acids is 1. The molecule has 0 aromatic carbocycles. The molecule has 0 aromatic rings. The van der Waals surface area contributed by atoms with E-state index in [0.717, 1.165) is 19.3 Å². The summed E-state index contributed by atoms with van der Waals surface area (Å²) in [5, 5.41) is 11.9. The van der Waals surface area contributed by atoms with E-state index in [1.54, 1.807) is 0 Å². The number of nitrogens with one attached hydrogen (secondary N) is 1. The second-order valence-corrected chi connectivity index (χ2v) is 6.52. The number of carbonyl (C=O) groups is 2. The highest BCUT2D eigenvalue weighted by molar-refractivity contribution is 5.89. The molecule has 0 aromatic heterocycles. The molecule has 3 unspecified atom stereocenters. The summed E-state index contributed by atoms with van der Waals surface area (Å²) in [6, 6.07) is -0.693. The molecule has 3 atom stereocenters. The molecule has 2 N–H and O–H groups in total. The van der Waals surface area contributed by atoms with Crippen molar-refractivity contribution in [1.29, 1.82) is 0 Å². The van der Waals surface area contributed by atoms with Crippen molar-refractivity contribution in [2.24, 2.45) is 16.7 Å². The normalized spacial score (nSPS) is 40.3. The van der Waals surface area contributed by atoms with Crippen LogP contribution >= 0.6 is 0 Å². The fourth-order valence-electron chi connectivity index (χ4n) is 3.71. The Morgan fingerprint density at radius 1 is 1.41 bits per heavy atom. The first-order valence-electron chi connectivity index (χ1n) is 6.29. The lowest BCUT2D eigenvalue weighted by molar-refractivity contribution is -0.145. The van der Waals surface area contributed by atoms with E-state index in [0.29, 0.717) is 6.42 Å². The Hall–Kier alpha value is -1.06. The first kappa shape index (κ1) is 12.4. The molecule has 0 bridgehead atoms. The molecule has 2 aliphatic rings. The van der Waals surface area contributed by atoms with Crippen LogP contribution in [0.5, 0.6) is 0 Å². The van der Waals surface area contributed by atoms with Gasteiger partial charge in [-0.1, -0.05) is 20.8 Å². The summed E-state index contributed by atoms with van der Waals surface area (Å²) in [4.78, 5) is 22.9. The second kappa shape index (κ2) is 3.72. The molecule has 1 amide bonds. The lowest BCUT2D eigenvalue weighted by atomic mass is 9.57. The summed E-state index contributed by atoms with van der Waals surface area (Å²) in [5.74, 6) is -0.724. The van der Waals surface area contributed by atoms with Gasteiger partial charge < -0.3 is 10.4 Å². The summed E-state index contributed by atoms with van der Waals surface area (Å²) >= 11 is 0. The summed E-state index contributed by atoms with van der Waals surface area (Å²) in [7, 11) is 0. The SMILES string of the molecule is CC1CC(C)(C)CCC12CC(=O)NC2C(=O)O. The Morgan fingerprint density at radius 2 is 2.06 bits per heavy atom. The van der Waals surface area contributed by atoms with Crippen molar-refractivity contribution < 1.29 is 14.7 Å². The predicted octanol–water partition coefficient (Wildman–Crippen LogP) is 1.79. The third-order valence-electron chi connectivity index (χ3n) is 4.72. The van der Waals surface area contributed by atoms with Gasteiger partial charge in [0.25, 0.3) is 0 Å². The van der Waals surface area contributed by atoms with Gasteiger partial charge in [-0.15, -0.1) is 0 Å². The highest BCUT2D eigenvalue weighted by atomic mass is 16.4. The number of carboxylic acid groups (broad SMARTS) is 1. The molecule has 17 heavy (non-hydrogen) atoms. The molecular formula is C13H21NO3. The summed E-state index contributed by atoms with van der Waals surface area (Å²) in [6.07, 6.45) is 3.19. The van der Waals surface area contributed by atoms with Crippen LogP contribution in [0.15, 0.2) is 0 Å². The first-order chi connectivity index (χ1) is 7.77. The Morgan fingerprint density at radius 3 is 2.59 bits per heavy atom. The van der Waals surface area contributed by atoms with Gasteiger partial charge in [-0.25, -0.2) is 4.79 Å². The number of aliphatic carboxylic acids is 1. The monoisotopic (exact) mass is 239 g/mol. The van der Waals surface area contributed by atoms with Crippen molar-refractivity contribution in [3.63, 3.8) is 0 Å². The van der Waals surface area contributed by atoms with E-state index < -0.39 is 12.0 Å². The highest BCUT2D eigenvalue weighted by Crippen LogP contribution is 2.54. The van der Waals surface area contributed by atoms with Crippen LogP contribution in [0.25, 0.3) is 0 Å². The smallest absolute Gasteiger partial charge is 0.326 e. The largest absolute Gasteiger partial charge is 0.480 e. The van der Waals surface area contributed by atoms with E-state index in [2.05, 4.69) is 26.1 Å². The molecule has 2 rings (SSSR count). The van der Waals surface area contributed by atoms with Gasteiger partial charge in [-0.3, -0.25) is 4.79 Å². The van der Waals surface area contributed by atoms with Crippen LogP contribution in [0.2, 0.25) is 0 Å². The number of carbonyl (C=O) groups excluding carboxylic acids is 1. The van der Waals surface area contributed by atoms with E-state index in [9.17, 15) is 14.7 Å². The second-order valence-electron chi connectivity index (χ2n) is 6.52. The van der Waals surface area contributed by atoms with Gasteiger partial charge in [0, 0.05) is 11.8 Å². The van der Waals surface area contributed by atoms with Crippen molar-refractivity contribution in [3.8, 4) is 0 Å². The van der Waals surface area contributed by atoms with Gasteiger partial charge in [-0.2, -0.15) is 0 Å². The fourth-order valence-corrected chi connectivity index (χ4v) is 3.71. The zero-order valence-corrected chi connectivity index (χ0v) is 10.7. The Bertz CT molecular complexity index is 364. The van der Waals surface area contributed by atoms with Gasteiger partial charge in [0.05, 0.1) is 0 Å². The van der Waals surface area contributed by atoms with E-state index in [4.69, 9.17) is 0 Å². The standard InChI is InChI=1S/C13H21NO3/c1-8-6-12(2,3)4-5-13(8)7-9(15)14-10(13)11(16)17/h8,10H,4-7H2,1-3H3,(H,14,15)(H,16,17). The Balaban J connectivity index is 2.29. The van der Waals surface area contributed by atoms with E-state index >= 15 is 0 Å². The zero-order valence-electron chi connectivity index (χ0n) is 10.7. The van der Waals surface area contributed by atoms with E-state index in [1.165, 1.54) is 0 Å².